The summed E-state index contributed by atoms with van der Waals surface area (Å²) >= 11 is 2.89. The number of aryl methyl sites for hydroxylation is 1. The van der Waals surface area contributed by atoms with Crippen molar-refractivity contribution in [3.05, 3.63) is 33.5 Å². The third-order valence-corrected chi connectivity index (χ3v) is 8.74. The quantitative estimate of drug-likeness (QED) is 0.453. The van der Waals surface area contributed by atoms with E-state index in [1.165, 1.54) is 22.7 Å². The molecule has 1 fully saturated rings. The number of hydrogen-bond donors (Lipinski definition) is 1. The lowest BCUT2D eigenvalue weighted by molar-refractivity contribution is -0.0230. The molecule has 0 unspecified atom stereocenters. The van der Waals surface area contributed by atoms with Crippen LogP contribution < -0.4 is 10.1 Å². The lowest BCUT2D eigenvalue weighted by Gasteiger charge is -2.31. The SMILES string of the molecule is Cc1cn2c(C(=O)N[C@H]3CC[C@H](CCN4CCc5sc(OCC(C)(F)F)nc5C4)CC3)csc2n1. The van der Waals surface area contributed by atoms with Crippen molar-refractivity contribution in [2.75, 3.05) is 19.7 Å². The number of nitrogens with zero attached hydrogens (tertiary/aromatic N) is 4. The number of carbonyl (C=O) groups excluding carboxylic acids is 1. The van der Waals surface area contributed by atoms with Crippen molar-refractivity contribution in [2.45, 2.75) is 70.9 Å². The fraction of sp³-hybridized carbons (Fsp3) is 0.625. The molecule has 0 atom stereocenters. The molecule has 1 aliphatic heterocycles. The van der Waals surface area contributed by atoms with Crippen LogP contribution in [0.15, 0.2) is 11.6 Å². The van der Waals surface area contributed by atoms with Crippen LogP contribution >= 0.6 is 22.7 Å². The lowest BCUT2D eigenvalue weighted by Crippen LogP contribution is -2.38. The van der Waals surface area contributed by atoms with Gasteiger partial charge >= 0.3 is 0 Å². The molecule has 3 aromatic rings. The Bertz CT molecular complexity index is 1180. The number of alkyl halides is 2. The first kappa shape index (κ1) is 24.6. The van der Waals surface area contributed by atoms with Gasteiger partial charge in [-0.2, -0.15) is 0 Å². The number of thiazole rings is 2. The van der Waals surface area contributed by atoms with Gasteiger partial charge in [0.25, 0.3) is 17.0 Å². The fourth-order valence-electron chi connectivity index (χ4n) is 4.95. The maximum atomic E-state index is 13.1. The first-order chi connectivity index (χ1) is 16.7. The molecule has 4 heterocycles. The lowest BCUT2D eigenvalue weighted by atomic mass is 9.84. The first-order valence-electron chi connectivity index (χ1n) is 12.2. The summed E-state index contributed by atoms with van der Waals surface area (Å²) in [5, 5.41) is 5.45. The van der Waals surface area contributed by atoms with Crippen molar-refractivity contribution in [3.63, 3.8) is 0 Å². The molecule has 3 aromatic heterocycles. The van der Waals surface area contributed by atoms with E-state index in [9.17, 15) is 13.6 Å². The standard InChI is InChI=1S/C24H31F2N5O2S2/c1-15-11-31-19(13-34-22(31)27-15)21(32)28-17-5-3-16(4-6-17)7-9-30-10-8-20-18(12-30)29-23(35-20)33-14-24(2,25)26/h11,13,16-17H,3-10,12,14H2,1-2H3,(H,28,32)/t16-,17-. The molecule has 1 aliphatic carbocycles. The molecule has 190 valence electrons. The van der Waals surface area contributed by atoms with E-state index in [0.29, 0.717) is 16.8 Å². The van der Waals surface area contributed by atoms with Crippen LogP contribution in [-0.4, -0.2) is 56.8 Å². The number of aromatic nitrogens is 3. The van der Waals surface area contributed by atoms with Crippen LogP contribution in [0.1, 0.15) is 65.8 Å². The Morgan fingerprint density at radius 1 is 1.29 bits per heavy atom. The molecule has 1 N–H and O–H groups in total. The largest absolute Gasteiger partial charge is 0.464 e. The van der Waals surface area contributed by atoms with Crippen LogP contribution in [-0.2, 0) is 13.0 Å². The van der Waals surface area contributed by atoms with Gasteiger partial charge in [-0.3, -0.25) is 14.1 Å². The normalized spacial score (nSPS) is 21.3. The number of ether oxygens (including phenoxy) is 1. The Morgan fingerprint density at radius 2 is 2.09 bits per heavy atom. The maximum Gasteiger partial charge on any atom is 0.278 e. The van der Waals surface area contributed by atoms with Crippen molar-refractivity contribution in [1.29, 1.82) is 0 Å². The van der Waals surface area contributed by atoms with Gasteiger partial charge in [-0.05, 0) is 57.9 Å². The second-order valence-corrected chi connectivity index (χ2v) is 11.8. The number of amides is 1. The number of fused-ring (bicyclic) bond motifs is 2. The molecule has 11 heteroatoms. The molecule has 35 heavy (non-hydrogen) atoms. The zero-order chi connectivity index (χ0) is 24.6. The minimum atomic E-state index is -2.85. The number of imidazole rings is 1. The molecule has 2 aliphatic rings. The van der Waals surface area contributed by atoms with Gasteiger partial charge in [-0.15, -0.1) is 11.3 Å². The zero-order valence-corrected chi connectivity index (χ0v) is 21.7. The minimum absolute atomic E-state index is 0.0181. The van der Waals surface area contributed by atoms with Gasteiger partial charge in [0.2, 0.25) is 0 Å². The highest BCUT2D eigenvalue weighted by molar-refractivity contribution is 7.15. The Labute approximate surface area is 211 Å². The molecule has 5 rings (SSSR count). The second kappa shape index (κ2) is 10.1. The van der Waals surface area contributed by atoms with E-state index in [-0.39, 0.29) is 11.9 Å². The molecular weight excluding hydrogens is 492 g/mol. The van der Waals surface area contributed by atoms with E-state index in [4.69, 9.17) is 4.74 Å². The minimum Gasteiger partial charge on any atom is -0.464 e. The van der Waals surface area contributed by atoms with E-state index in [1.807, 2.05) is 22.9 Å². The summed E-state index contributed by atoms with van der Waals surface area (Å²) in [5.41, 5.74) is 2.55. The summed E-state index contributed by atoms with van der Waals surface area (Å²) in [4.78, 5) is 26.1. The van der Waals surface area contributed by atoms with Crippen molar-refractivity contribution in [1.82, 2.24) is 24.6 Å². The Morgan fingerprint density at radius 3 is 2.86 bits per heavy atom. The first-order valence-corrected chi connectivity index (χ1v) is 13.9. The van der Waals surface area contributed by atoms with Gasteiger partial charge in [-0.1, -0.05) is 11.3 Å². The monoisotopic (exact) mass is 523 g/mol. The van der Waals surface area contributed by atoms with E-state index in [2.05, 4.69) is 20.2 Å². The molecule has 0 bridgehead atoms. The molecule has 0 saturated heterocycles. The fourth-order valence-corrected chi connectivity index (χ4v) is 6.75. The summed E-state index contributed by atoms with van der Waals surface area (Å²) in [7, 11) is 0. The highest BCUT2D eigenvalue weighted by Crippen LogP contribution is 2.32. The Hall–Kier alpha value is -2.11. The van der Waals surface area contributed by atoms with Crippen LogP contribution in [0.5, 0.6) is 5.19 Å². The summed E-state index contributed by atoms with van der Waals surface area (Å²) < 4.78 is 33.2. The summed E-state index contributed by atoms with van der Waals surface area (Å²) in [5.74, 6) is -2.21. The number of halogens is 2. The van der Waals surface area contributed by atoms with Gasteiger partial charge in [-0.25, -0.2) is 18.7 Å². The third-order valence-electron chi connectivity index (χ3n) is 6.83. The van der Waals surface area contributed by atoms with E-state index < -0.39 is 12.5 Å². The molecule has 7 nitrogen and oxygen atoms in total. The van der Waals surface area contributed by atoms with Gasteiger partial charge in [0.05, 0.1) is 11.4 Å². The summed E-state index contributed by atoms with van der Waals surface area (Å²) in [6.45, 7) is 4.89. The summed E-state index contributed by atoms with van der Waals surface area (Å²) in [6.07, 6.45) is 8.18. The van der Waals surface area contributed by atoms with E-state index >= 15 is 0 Å². The molecule has 0 spiro atoms. The molecule has 0 aromatic carbocycles. The van der Waals surface area contributed by atoms with E-state index in [0.717, 1.165) is 86.3 Å². The van der Waals surface area contributed by atoms with Crippen molar-refractivity contribution < 1.29 is 18.3 Å². The van der Waals surface area contributed by atoms with Gasteiger partial charge < -0.3 is 10.1 Å². The summed E-state index contributed by atoms with van der Waals surface area (Å²) in [6, 6.07) is 0.222. The number of carbonyl (C=O) groups is 1. The highest BCUT2D eigenvalue weighted by atomic mass is 32.1. The van der Waals surface area contributed by atoms with Crippen LogP contribution in [0.4, 0.5) is 8.78 Å². The number of rotatable bonds is 8. The van der Waals surface area contributed by atoms with Crippen LogP contribution in [0, 0.1) is 12.8 Å². The van der Waals surface area contributed by atoms with Crippen molar-refractivity contribution in [3.8, 4) is 5.19 Å². The number of hydrogen-bond acceptors (Lipinski definition) is 7. The van der Waals surface area contributed by atoms with Crippen LogP contribution in [0.25, 0.3) is 4.96 Å². The average molecular weight is 524 g/mol. The van der Waals surface area contributed by atoms with Crippen molar-refractivity contribution in [2.24, 2.45) is 5.92 Å². The number of nitrogens with one attached hydrogen (secondary N) is 1. The molecule has 1 saturated carbocycles. The predicted octanol–water partition coefficient (Wildman–Crippen LogP) is 4.93. The third kappa shape index (κ3) is 6.00. The van der Waals surface area contributed by atoms with Gasteiger partial charge in [0, 0.05) is 42.5 Å². The Balaban J connectivity index is 1.05. The second-order valence-electron chi connectivity index (χ2n) is 9.87. The topological polar surface area (TPSA) is 71.8 Å². The highest BCUT2D eigenvalue weighted by Gasteiger charge is 2.27. The van der Waals surface area contributed by atoms with Gasteiger partial charge in [0.15, 0.2) is 11.6 Å². The van der Waals surface area contributed by atoms with Crippen LogP contribution in [0.3, 0.4) is 0 Å². The zero-order valence-electron chi connectivity index (χ0n) is 20.1. The van der Waals surface area contributed by atoms with Gasteiger partial charge in [0.1, 0.15) is 5.69 Å². The molecule has 0 radical (unpaired) electrons. The van der Waals surface area contributed by atoms with Crippen LogP contribution in [0.2, 0.25) is 0 Å². The maximum absolute atomic E-state index is 13.1. The predicted molar refractivity (Wildman–Crippen MR) is 133 cm³/mol. The van der Waals surface area contributed by atoms with Crippen molar-refractivity contribution >= 4 is 33.5 Å². The Kier molecular flexibility index (Phi) is 7.09. The molecular formula is C24H31F2N5O2S2. The molecule has 1 amide bonds. The smallest absolute Gasteiger partial charge is 0.278 e. The van der Waals surface area contributed by atoms with E-state index in [1.54, 1.807) is 0 Å². The average Bonchev–Trinajstić information content (AvgIpc) is 3.49.